The normalized spacial score (nSPS) is 34.1. The van der Waals surface area contributed by atoms with E-state index in [0.717, 1.165) is 12.3 Å². The first-order valence-corrected chi connectivity index (χ1v) is 5.74. The monoisotopic (exact) mass is 233 g/mol. The zero-order chi connectivity index (χ0) is 9.97. The molecule has 2 fully saturated rings. The van der Waals surface area contributed by atoms with E-state index >= 15 is 0 Å². The lowest BCUT2D eigenvalue weighted by Gasteiger charge is -2.24. The van der Waals surface area contributed by atoms with Crippen molar-refractivity contribution in [3.8, 4) is 0 Å². The number of ether oxygens (including phenoxy) is 1. The van der Waals surface area contributed by atoms with Crippen molar-refractivity contribution < 1.29 is 9.53 Å². The number of carbonyl (C=O) groups excluding carboxylic acids is 1. The Balaban J connectivity index is 0.00000112. The molecule has 1 aliphatic carbocycles. The van der Waals surface area contributed by atoms with Crippen molar-refractivity contribution in [2.75, 3.05) is 6.61 Å². The Hall–Kier alpha value is -0.280. The lowest BCUT2D eigenvalue weighted by molar-refractivity contribution is -0.145. The van der Waals surface area contributed by atoms with Crippen LogP contribution in [0.5, 0.6) is 0 Å². The van der Waals surface area contributed by atoms with Crippen LogP contribution < -0.4 is 5.32 Å². The van der Waals surface area contributed by atoms with E-state index in [1.807, 2.05) is 6.92 Å². The average molecular weight is 234 g/mol. The van der Waals surface area contributed by atoms with Crippen molar-refractivity contribution >= 4 is 18.4 Å². The van der Waals surface area contributed by atoms with Crippen molar-refractivity contribution in [1.29, 1.82) is 0 Å². The first kappa shape index (κ1) is 12.8. The van der Waals surface area contributed by atoms with Crippen LogP contribution in [-0.4, -0.2) is 24.7 Å². The Labute approximate surface area is 97.4 Å². The van der Waals surface area contributed by atoms with Crippen molar-refractivity contribution in [1.82, 2.24) is 5.32 Å². The van der Waals surface area contributed by atoms with Crippen LogP contribution in [0.4, 0.5) is 0 Å². The largest absolute Gasteiger partial charge is 0.465 e. The number of esters is 1. The van der Waals surface area contributed by atoms with Crippen LogP contribution in [-0.2, 0) is 9.53 Å². The molecule has 0 radical (unpaired) electrons. The van der Waals surface area contributed by atoms with Gasteiger partial charge in [-0.25, -0.2) is 0 Å². The summed E-state index contributed by atoms with van der Waals surface area (Å²) in [6.07, 6.45) is 6.15. The summed E-state index contributed by atoms with van der Waals surface area (Å²) in [6.45, 7) is 2.35. The summed E-state index contributed by atoms with van der Waals surface area (Å²) >= 11 is 0. The van der Waals surface area contributed by atoms with E-state index in [0.29, 0.717) is 12.6 Å². The van der Waals surface area contributed by atoms with Gasteiger partial charge in [-0.3, -0.25) is 4.79 Å². The third kappa shape index (κ3) is 2.85. The summed E-state index contributed by atoms with van der Waals surface area (Å²) in [6, 6.07) is 0.557. The molecule has 4 heteroatoms. The predicted octanol–water partition coefficient (Wildman–Crippen LogP) is 1.89. The van der Waals surface area contributed by atoms with Gasteiger partial charge in [0.1, 0.15) is 6.04 Å². The maximum absolute atomic E-state index is 11.5. The van der Waals surface area contributed by atoms with Gasteiger partial charge in [0.15, 0.2) is 0 Å². The quantitative estimate of drug-likeness (QED) is 0.741. The minimum absolute atomic E-state index is 0. The average Bonchev–Trinajstić information content (AvgIpc) is 2.61. The molecule has 0 amide bonds. The molecule has 2 rings (SSSR count). The Morgan fingerprint density at radius 3 is 2.80 bits per heavy atom. The highest BCUT2D eigenvalue weighted by Gasteiger charge is 2.38. The zero-order valence-electron chi connectivity index (χ0n) is 9.20. The lowest BCUT2D eigenvalue weighted by Crippen LogP contribution is -2.38. The van der Waals surface area contributed by atoms with Crippen molar-refractivity contribution in [2.45, 2.75) is 51.1 Å². The van der Waals surface area contributed by atoms with E-state index < -0.39 is 0 Å². The van der Waals surface area contributed by atoms with Crippen molar-refractivity contribution in [2.24, 2.45) is 5.92 Å². The lowest BCUT2D eigenvalue weighted by atomic mass is 9.85. The molecular weight excluding hydrogens is 214 g/mol. The van der Waals surface area contributed by atoms with E-state index in [-0.39, 0.29) is 24.4 Å². The summed E-state index contributed by atoms with van der Waals surface area (Å²) in [4.78, 5) is 11.5. The van der Waals surface area contributed by atoms with Gasteiger partial charge < -0.3 is 10.1 Å². The maximum Gasteiger partial charge on any atom is 0.323 e. The Kier molecular flexibility index (Phi) is 4.87. The number of carbonyl (C=O) groups is 1. The molecule has 0 aromatic carbocycles. The van der Waals surface area contributed by atoms with Gasteiger partial charge in [-0.15, -0.1) is 12.4 Å². The molecule has 3 atom stereocenters. The molecule has 3 nitrogen and oxygen atoms in total. The van der Waals surface area contributed by atoms with E-state index in [1.165, 1.54) is 25.7 Å². The van der Waals surface area contributed by atoms with Crippen LogP contribution in [0.1, 0.15) is 39.0 Å². The molecule has 0 spiro atoms. The summed E-state index contributed by atoms with van der Waals surface area (Å²) in [5, 5.41) is 3.40. The molecule has 1 saturated carbocycles. The standard InChI is InChI=1S/C11H19NO2.ClH/c1-2-14-11(13)10-7-8-5-3-4-6-9(8)12-10;/h8-10,12H,2-7H2,1H3;1H/t8?,9-,10-;/m0./s1. The second-order valence-corrected chi connectivity index (χ2v) is 4.36. The topological polar surface area (TPSA) is 38.3 Å². The molecular formula is C11H20ClNO2. The van der Waals surface area contributed by atoms with Crippen LogP contribution in [0.25, 0.3) is 0 Å². The van der Waals surface area contributed by atoms with Gasteiger partial charge in [0.05, 0.1) is 6.61 Å². The van der Waals surface area contributed by atoms with Gasteiger partial charge >= 0.3 is 5.97 Å². The van der Waals surface area contributed by atoms with Crippen molar-refractivity contribution in [3.05, 3.63) is 0 Å². The Morgan fingerprint density at radius 1 is 1.40 bits per heavy atom. The van der Waals surface area contributed by atoms with Crippen LogP contribution in [0.3, 0.4) is 0 Å². The zero-order valence-corrected chi connectivity index (χ0v) is 10.0. The van der Waals surface area contributed by atoms with Crippen molar-refractivity contribution in [3.63, 3.8) is 0 Å². The number of hydrogen-bond donors (Lipinski definition) is 1. The maximum atomic E-state index is 11.5. The number of nitrogens with one attached hydrogen (secondary N) is 1. The van der Waals surface area contributed by atoms with Gasteiger partial charge in [-0.2, -0.15) is 0 Å². The fourth-order valence-electron chi connectivity index (χ4n) is 2.75. The first-order valence-electron chi connectivity index (χ1n) is 5.74. The van der Waals surface area contributed by atoms with Crippen LogP contribution in [0.2, 0.25) is 0 Å². The number of hydrogen-bond acceptors (Lipinski definition) is 3. The Morgan fingerprint density at radius 2 is 2.13 bits per heavy atom. The van der Waals surface area contributed by atoms with E-state index in [2.05, 4.69) is 5.32 Å². The van der Waals surface area contributed by atoms with Gasteiger partial charge in [0.2, 0.25) is 0 Å². The SMILES string of the molecule is CCOC(=O)[C@@H]1CC2CCCC[C@@H]2N1.Cl. The fourth-order valence-corrected chi connectivity index (χ4v) is 2.75. The summed E-state index contributed by atoms with van der Waals surface area (Å²) in [5.41, 5.74) is 0. The molecule has 1 saturated heterocycles. The second-order valence-electron chi connectivity index (χ2n) is 4.36. The first-order chi connectivity index (χ1) is 6.81. The number of halogens is 1. The molecule has 2 aliphatic rings. The molecule has 0 bridgehead atoms. The predicted molar refractivity (Wildman–Crippen MR) is 61.2 cm³/mol. The van der Waals surface area contributed by atoms with E-state index in [9.17, 15) is 4.79 Å². The Bertz CT molecular complexity index is 209. The van der Waals surface area contributed by atoms with E-state index in [4.69, 9.17) is 4.74 Å². The number of rotatable bonds is 2. The third-order valence-corrected chi connectivity index (χ3v) is 3.43. The molecule has 0 aromatic rings. The van der Waals surface area contributed by atoms with E-state index in [1.54, 1.807) is 0 Å². The molecule has 1 N–H and O–H groups in total. The second kappa shape index (κ2) is 5.71. The van der Waals surface area contributed by atoms with Gasteiger partial charge in [0, 0.05) is 6.04 Å². The molecule has 1 unspecified atom stereocenters. The molecule has 88 valence electrons. The number of fused-ring (bicyclic) bond motifs is 1. The highest BCUT2D eigenvalue weighted by atomic mass is 35.5. The summed E-state index contributed by atoms with van der Waals surface area (Å²) < 4.78 is 5.03. The minimum Gasteiger partial charge on any atom is -0.465 e. The van der Waals surface area contributed by atoms with Gasteiger partial charge in [-0.05, 0) is 32.1 Å². The molecule has 0 aromatic heterocycles. The van der Waals surface area contributed by atoms with Gasteiger partial charge in [-0.1, -0.05) is 12.8 Å². The minimum atomic E-state index is -0.0538. The highest BCUT2D eigenvalue weighted by molar-refractivity contribution is 5.85. The molecule has 1 heterocycles. The van der Waals surface area contributed by atoms with Gasteiger partial charge in [0.25, 0.3) is 0 Å². The fraction of sp³-hybridized carbons (Fsp3) is 0.909. The third-order valence-electron chi connectivity index (χ3n) is 3.43. The summed E-state index contributed by atoms with van der Waals surface area (Å²) in [7, 11) is 0. The highest BCUT2D eigenvalue weighted by Crippen LogP contribution is 2.33. The van der Waals surface area contributed by atoms with Crippen LogP contribution in [0, 0.1) is 5.92 Å². The molecule has 15 heavy (non-hydrogen) atoms. The smallest absolute Gasteiger partial charge is 0.323 e. The van der Waals surface area contributed by atoms with Crippen LogP contribution >= 0.6 is 12.4 Å². The van der Waals surface area contributed by atoms with Crippen LogP contribution in [0.15, 0.2) is 0 Å². The molecule has 1 aliphatic heterocycles. The summed E-state index contributed by atoms with van der Waals surface area (Å²) in [5.74, 6) is 0.667.